The van der Waals surface area contributed by atoms with Gasteiger partial charge in [0.2, 0.25) is 0 Å². The molecule has 1 unspecified atom stereocenters. The predicted molar refractivity (Wildman–Crippen MR) is 60.0 cm³/mol. The lowest BCUT2D eigenvalue weighted by atomic mass is 10.2. The average molecular weight is 246 g/mol. The molecule has 1 amide bonds. The second-order valence-corrected chi connectivity index (χ2v) is 3.83. The topological polar surface area (TPSA) is 49.3 Å². The van der Waals surface area contributed by atoms with Crippen molar-refractivity contribution in [1.82, 2.24) is 5.32 Å². The maximum atomic E-state index is 13.2. The number of carbonyl (C=O) groups excluding carboxylic acids is 1. The molecule has 0 saturated carbocycles. The number of amides is 1. The molecule has 3 nitrogen and oxygen atoms in total. The minimum atomic E-state index is -0.632. The number of nitrogens with one attached hydrogen (secondary N) is 1. The van der Waals surface area contributed by atoms with Gasteiger partial charge in [0, 0.05) is 11.6 Å². The van der Waals surface area contributed by atoms with Crippen molar-refractivity contribution in [2.45, 2.75) is 19.4 Å². The molecule has 0 aromatic heterocycles. The predicted octanol–water partition coefficient (Wildman–Crippen LogP) is 1.98. The van der Waals surface area contributed by atoms with Gasteiger partial charge in [-0.15, -0.1) is 0 Å². The van der Waals surface area contributed by atoms with E-state index in [2.05, 4.69) is 5.32 Å². The summed E-state index contributed by atoms with van der Waals surface area (Å²) in [7, 11) is 0. The second-order valence-electron chi connectivity index (χ2n) is 3.40. The molecule has 1 atom stereocenters. The highest BCUT2D eigenvalue weighted by atomic mass is 35.5. The fraction of sp³-hybridized carbons (Fsp3) is 0.364. The monoisotopic (exact) mass is 245 g/mol. The SMILES string of the molecule is CCC(O)CNC(=O)c1cc(Cl)ccc1F. The van der Waals surface area contributed by atoms with Gasteiger partial charge in [-0.1, -0.05) is 18.5 Å². The highest BCUT2D eigenvalue weighted by molar-refractivity contribution is 6.30. The quantitative estimate of drug-likeness (QED) is 0.852. The van der Waals surface area contributed by atoms with E-state index in [1.807, 2.05) is 0 Å². The van der Waals surface area contributed by atoms with Crippen molar-refractivity contribution in [3.8, 4) is 0 Å². The first-order valence-corrected chi connectivity index (χ1v) is 5.33. The Morgan fingerprint density at radius 2 is 2.31 bits per heavy atom. The molecular formula is C11H13ClFNO2. The normalized spacial score (nSPS) is 12.2. The van der Waals surface area contributed by atoms with Crippen molar-refractivity contribution in [3.63, 3.8) is 0 Å². The summed E-state index contributed by atoms with van der Waals surface area (Å²) in [6, 6.07) is 3.76. The molecule has 1 aromatic carbocycles. The van der Waals surface area contributed by atoms with Crippen LogP contribution in [0.4, 0.5) is 4.39 Å². The molecule has 0 heterocycles. The van der Waals surface area contributed by atoms with Crippen molar-refractivity contribution in [2.75, 3.05) is 6.54 Å². The summed E-state index contributed by atoms with van der Waals surface area (Å²) in [5, 5.41) is 12.0. The van der Waals surface area contributed by atoms with Gasteiger partial charge in [-0.05, 0) is 24.6 Å². The Morgan fingerprint density at radius 3 is 2.94 bits per heavy atom. The standard InChI is InChI=1S/C11H13ClFNO2/c1-2-8(15)6-14-11(16)9-5-7(12)3-4-10(9)13/h3-5,8,15H,2,6H2,1H3,(H,14,16). The van der Waals surface area contributed by atoms with E-state index in [-0.39, 0.29) is 12.1 Å². The lowest BCUT2D eigenvalue weighted by molar-refractivity contribution is 0.0910. The summed E-state index contributed by atoms with van der Waals surface area (Å²) in [5.41, 5.74) is -0.115. The minimum Gasteiger partial charge on any atom is -0.391 e. The lowest BCUT2D eigenvalue weighted by Crippen LogP contribution is -2.32. The molecule has 1 aromatic rings. The van der Waals surface area contributed by atoms with E-state index in [1.54, 1.807) is 6.92 Å². The second kappa shape index (κ2) is 5.82. The lowest BCUT2D eigenvalue weighted by Gasteiger charge is -2.10. The molecule has 0 fully saturated rings. The van der Waals surface area contributed by atoms with Gasteiger partial charge in [0.1, 0.15) is 5.82 Å². The number of aliphatic hydroxyl groups is 1. The number of hydrogen-bond acceptors (Lipinski definition) is 2. The van der Waals surface area contributed by atoms with Gasteiger partial charge in [0.25, 0.3) is 5.91 Å². The number of benzene rings is 1. The highest BCUT2D eigenvalue weighted by Gasteiger charge is 2.12. The van der Waals surface area contributed by atoms with Crippen molar-refractivity contribution < 1.29 is 14.3 Å². The summed E-state index contributed by atoms with van der Waals surface area (Å²) in [6.45, 7) is 1.89. The van der Waals surface area contributed by atoms with Gasteiger partial charge >= 0.3 is 0 Å². The Hall–Kier alpha value is -1.13. The van der Waals surface area contributed by atoms with Crippen LogP contribution in [0.5, 0.6) is 0 Å². The number of aliphatic hydroxyl groups excluding tert-OH is 1. The van der Waals surface area contributed by atoms with E-state index >= 15 is 0 Å². The van der Waals surface area contributed by atoms with Crippen molar-refractivity contribution >= 4 is 17.5 Å². The third kappa shape index (κ3) is 3.47. The van der Waals surface area contributed by atoms with Crippen LogP contribution >= 0.6 is 11.6 Å². The molecule has 0 aliphatic carbocycles. The van der Waals surface area contributed by atoms with Crippen molar-refractivity contribution in [3.05, 3.63) is 34.6 Å². The van der Waals surface area contributed by atoms with Crippen LogP contribution < -0.4 is 5.32 Å². The number of hydrogen-bond donors (Lipinski definition) is 2. The summed E-state index contributed by atoms with van der Waals surface area (Å²) in [5.74, 6) is -1.21. The summed E-state index contributed by atoms with van der Waals surface area (Å²) in [6.07, 6.45) is -0.0932. The number of halogens is 2. The molecular weight excluding hydrogens is 233 g/mol. The molecule has 0 spiro atoms. The van der Waals surface area contributed by atoms with Crippen LogP contribution in [0.3, 0.4) is 0 Å². The molecule has 1 rings (SSSR count). The maximum Gasteiger partial charge on any atom is 0.254 e. The summed E-state index contributed by atoms with van der Waals surface area (Å²) < 4.78 is 13.2. The molecule has 16 heavy (non-hydrogen) atoms. The van der Waals surface area contributed by atoms with Gasteiger partial charge in [-0.25, -0.2) is 4.39 Å². The number of carbonyl (C=O) groups is 1. The van der Waals surface area contributed by atoms with E-state index < -0.39 is 17.8 Å². The smallest absolute Gasteiger partial charge is 0.254 e. The van der Waals surface area contributed by atoms with Crippen LogP contribution in [0.15, 0.2) is 18.2 Å². The first kappa shape index (κ1) is 12.9. The Kier molecular flexibility index (Phi) is 4.71. The largest absolute Gasteiger partial charge is 0.391 e. The van der Waals surface area contributed by atoms with Crippen LogP contribution in [0.2, 0.25) is 5.02 Å². The van der Waals surface area contributed by atoms with Crippen molar-refractivity contribution in [2.24, 2.45) is 0 Å². The zero-order chi connectivity index (χ0) is 12.1. The Labute approximate surface area is 98.2 Å². The highest BCUT2D eigenvalue weighted by Crippen LogP contribution is 2.14. The summed E-state index contributed by atoms with van der Waals surface area (Å²) >= 11 is 5.65. The first-order chi connectivity index (χ1) is 7.54. The van der Waals surface area contributed by atoms with Crippen LogP contribution in [-0.4, -0.2) is 23.7 Å². The van der Waals surface area contributed by atoms with Gasteiger partial charge < -0.3 is 10.4 Å². The fourth-order valence-corrected chi connectivity index (χ4v) is 1.29. The first-order valence-electron chi connectivity index (χ1n) is 4.96. The Balaban J connectivity index is 2.69. The molecule has 0 aliphatic rings. The molecule has 0 bridgehead atoms. The summed E-state index contributed by atoms with van der Waals surface area (Å²) in [4.78, 5) is 11.5. The van der Waals surface area contributed by atoms with Crippen LogP contribution in [0.1, 0.15) is 23.7 Å². The van der Waals surface area contributed by atoms with Crippen LogP contribution in [0, 0.1) is 5.82 Å². The fourth-order valence-electron chi connectivity index (χ4n) is 1.12. The minimum absolute atomic E-state index is 0.0985. The Bertz CT molecular complexity index is 384. The van der Waals surface area contributed by atoms with E-state index in [4.69, 9.17) is 11.6 Å². The molecule has 0 saturated heterocycles. The molecule has 2 N–H and O–H groups in total. The van der Waals surface area contributed by atoms with Gasteiger partial charge in [0.05, 0.1) is 11.7 Å². The van der Waals surface area contributed by atoms with E-state index in [1.165, 1.54) is 12.1 Å². The van der Waals surface area contributed by atoms with E-state index in [0.29, 0.717) is 11.4 Å². The average Bonchev–Trinajstić information content (AvgIpc) is 2.28. The van der Waals surface area contributed by atoms with E-state index in [0.717, 1.165) is 6.07 Å². The third-order valence-corrected chi connectivity index (χ3v) is 2.38. The van der Waals surface area contributed by atoms with Gasteiger partial charge in [0.15, 0.2) is 0 Å². The third-order valence-electron chi connectivity index (χ3n) is 2.14. The maximum absolute atomic E-state index is 13.2. The molecule has 88 valence electrons. The van der Waals surface area contributed by atoms with Gasteiger partial charge in [-0.3, -0.25) is 4.79 Å². The van der Waals surface area contributed by atoms with Crippen LogP contribution in [-0.2, 0) is 0 Å². The Morgan fingerprint density at radius 1 is 1.62 bits per heavy atom. The van der Waals surface area contributed by atoms with Gasteiger partial charge in [-0.2, -0.15) is 0 Å². The molecule has 5 heteroatoms. The molecule has 0 radical (unpaired) electrons. The zero-order valence-electron chi connectivity index (χ0n) is 8.84. The van der Waals surface area contributed by atoms with E-state index in [9.17, 15) is 14.3 Å². The zero-order valence-corrected chi connectivity index (χ0v) is 9.59. The van der Waals surface area contributed by atoms with Crippen molar-refractivity contribution in [1.29, 1.82) is 0 Å². The van der Waals surface area contributed by atoms with Crippen LogP contribution in [0.25, 0.3) is 0 Å². The number of rotatable bonds is 4. The molecule has 0 aliphatic heterocycles.